The molecule has 4 N–H and O–H groups in total. The molecular formula is C21H25N5O6S2. The van der Waals surface area contributed by atoms with Crippen LogP contribution in [0.4, 0.5) is 0 Å². The van der Waals surface area contributed by atoms with Crippen LogP contribution < -0.4 is 20.8 Å². The number of aromatic nitrogens is 2. The van der Waals surface area contributed by atoms with Gasteiger partial charge in [0.25, 0.3) is 11.5 Å². The number of sulfonamides is 1. The Morgan fingerprint density at radius 1 is 1.32 bits per heavy atom. The lowest BCUT2D eigenvalue weighted by atomic mass is 10.1. The average Bonchev–Trinajstić information content (AvgIpc) is 3.48. The zero-order valence-electron chi connectivity index (χ0n) is 18.9. The summed E-state index contributed by atoms with van der Waals surface area (Å²) in [5.41, 5.74) is 0.581. The van der Waals surface area contributed by atoms with Crippen molar-refractivity contribution in [1.29, 1.82) is 0 Å². The van der Waals surface area contributed by atoms with Crippen molar-refractivity contribution in [2.24, 2.45) is 12.2 Å². The first-order valence-corrected chi connectivity index (χ1v) is 12.9. The number of ether oxygens (including phenoxy) is 1. The molecule has 1 unspecified atom stereocenters. The molecule has 1 saturated heterocycles. The zero-order valence-corrected chi connectivity index (χ0v) is 20.5. The first kappa shape index (κ1) is 24.0. The topological polar surface area (TPSA) is 157 Å². The Balaban J connectivity index is 1.84. The number of hydrogen-bond acceptors (Lipinski definition) is 7. The normalized spacial score (nSPS) is 16.4. The molecular weight excluding hydrogens is 482 g/mol. The summed E-state index contributed by atoms with van der Waals surface area (Å²) in [5.74, 6) is -0.0784. The van der Waals surface area contributed by atoms with Crippen LogP contribution in [0.2, 0.25) is 0 Å². The molecule has 13 heteroatoms. The van der Waals surface area contributed by atoms with E-state index in [4.69, 9.17) is 9.88 Å². The van der Waals surface area contributed by atoms with E-state index in [1.165, 1.54) is 10.6 Å². The maximum atomic E-state index is 12.7. The minimum absolute atomic E-state index is 0.0225. The number of likely N-dealkylation sites (tertiary alicyclic amines) is 1. The van der Waals surface area contributed by atoms with Crippen LogP contribution in [0.25, 0.3) is 21.3 Å². The number of aromatic amines is 1. The molecule has 11 nitrogen and oxygen atoms in total. The van der Waals surface area contributed by atoms with Crippen LogP contribution in [0.3, 0.4) is 0 Å². The molecule has 1 fully saturated rings. The Kier molecular flexibility index (Phi) is 6.27. The van der Waals surface area contributed by atoms with Gasteiger partial charge >= 0.3 is 0 Å². The summed E-state index contributed by atoms with van der Waals surface area (Å²) in [5, 5.41) is 8.51. The first-order valence-electron chi connectivity index (χ1n) is 10.6. The molecule has 0 saturated carbocycles. The number of hydrogen-bond donors (Lipinski definition) is 3. The molecule has 0 spiro atoms. The van der Waals surface area contributed by atoms with Crippen molar-refractivity contribution in [3.63, 3.8) is 0 Å². The van der Waals surface area contributed by atoms with E-state index in [-0.39, 0.29) is 51.2 Å². The van der Waals surface area contributed by atoms with E-state index in [1.54, 1.807) is 38.2 Å². The maximum absolute atomic E-state index is 12.7. The highest BCUT2D eigenvalue weighted by Gasteiger charge is 2.29. The fourth-order valence-corrected chi connectivity index (χ4v) is 5.77. The van der Waals surface area contributed by atoms with E-state index in [9.17, 15) is 22.8 Å². The second kappa shape index (κ2) is 8.89. The summed E-state index contributed by atoms with van der Waals surface area (Å²) < 4.78 is 31.4. The number of carbonyl (C=O) groups excluding carboxylic acids is 2. The smallest absolute Gasteiger partial charge is 0.274 e. The Morgan fingerprint density at radius 2 is 2.06 bits per heavy atom. The third kappa shape index (κ3) is 4.33. The van der Waals surface area contributed by atoms with Crippen LogP contribution in [0, 0.1) is 0 Å². The lowest BCUT2D eigenvalue weighted by molar-refractivity contribution is -0.127. The zero-order chi connectivity index (χ0) is 24.8. The lowest BCUT2D eigenvalue weighted by Gasteiger charge is -2.20. The number of carbonyl (C=O) groups is 2. The summed E-state index contributed by atoms with van der Waals surface area (Å²) in [4.78, 5) is 41.9. The molecule has 0 aliphatic carbocycles. The number of fused-ring (bicyclic) bond motifs is 1. The van der Waals surface area contributed by atoms with Gasteiger partial charge in [-0.15, -0.1) is 11.3 Å². The summed E-state index contributed by atoms with van der Waals surface area (Å²) in [6, 6.07) is 2.76. The predicted molar refractivity (Wildman–Crippen MR) is 128 cm³/mol. The number of H-pyrrole nitrogens is 1. The fourth-order valence-electron chi connectivity index (χ4n) is 3.93. The Hall–Kier alpha value is -3.16. The van der Waals surface area contributed by atoms with Crippen LogP contribution >= 0.6 is 11.3 Å². The van der Waals surface area contributed by atoms with Gasteiger partial charge in [0.15, 0.2) is 0 Å². The number of amides is 2. The van der Waals surface area contributed by atoms with Gasteiger partial charge in [-0.2, -0.15) is 0 Å². The average molecular weight is 508 g/mol. The van der Waals surface area contributed by atoms with Crippen molar-refractivity contribution in [2.75, 3.05) is 20.2 Å². The predicted octanol–water partition coefficient (Wildman–Crippen LogP) is 0.992. The molecule has 1 aliphatic heterocycles. The number of rotatable bonds is 7. The molecule has 4 heterocycles. The molecule has 0 aromatic carbocycles. The first-order chi connectivity index (χ1) is 16.0. The Labute approximate surface area is 199 Å². The Bertz CT molecular complexity index is 1450. The molecule has 1 atom stereocenters. The molecule has 0 radical (unpaired) electrons. The van der Waals surface area contributed by atoms with Gasteiger partial charge in [0.1, 0.15) is 27.8 Å². The van der Waals surface area contributed by atoms with Crippen molar-refractivity contribution < 1.29 is 22.7 Å². The van der Waals surface area contributed by atoms with Gasteiger partial charge in [-0.3, -0.25) is 14.4 Å². The van der Waals surface area contributed by atoms with E-state index >= 15 is 0 Å². The second-order valence-electron chi connectivity index (χ2n) is 8.10. The number of pyridine rings is 1. The van der Waals surface area contributed by atoms with Crippen molar-refractivity contribution >= 4 is 44.1 Å². The molecule has 2 amide bonds. The van der Waals surface area contributed by atoms with Crippen molar-refractivity contribution in [3.05, 3.63) is 34.4 Å². The molecule has 1 aliphatic rings. The molecule has 182 valence electrons. The van der Waals surface area contributed by atoms with Gasteiger partial charge in [-0.05, 0) is 19.4 Å². The minimum Gasteiger partial charge on any atom is -0.490 e. The summed E-state index contributed by atoms with van der Waals surface area (Å²) in [6.07, 6.45) is 2.63. The minimum atomic E-state index is -4.02. The third-order valence-corrected chi connectivity index (χ3v) is 8.38. The summed E-state index contributed by atoms with van der Waals surface area (Å²) in [6.45, 7) is 2.37. The van der Waals surface area contributed by atoms with Gasteiger partial charge in [-0.25, -0.2) is 13.6 Å². The number of aryl methyl sites for hydroxylation is 1. The molecule has 34 heavy (non-hydrogen) atoms. The molecule has 4 rings (SSSR count). The van der Waals surface area contributed by atoms with Gasteiger partial charge in [-0.1, -0.05) is 0 Å². The highest BCUT2D eigenvalue weighted by molar-refractivity contribution is 7.91. The molecule has 3 aromatic rings. The van der Waals surface area contributed by atoms with E-state index < -0.39 is 10.0 Å². The number of thiophene rings is 1. The number of nitrogens with zero attached hydrogens (tertiary/aromatic N) is 2. The highest BCUT2D eigenvalue weighted by atomic mass is 32.2. The number of likely N-dealkylation sites (N-methyl/N-ethyl adjacent to an activating group) is 1. The number of nitrogens with two attached hydrogens (primary N) is 1. The van der Waals surface area contributed by atoms with Gasteiger partial charge < -0.3 is 24.5 Å². The van der Waals surface area contributed by atoms with Crippen LogP contribution in [0.5, 0.6) is 5.75 Å². The van der Waals surface area contributed by atoms with Crippen molar-refractivity contribution in [2.45, 2.75) is 30.0 Å². The highest BCUT2D eigenvalue weighted by Crippen LogP contribution is 2.42. The second-order valence-corrected chi connectivity index (χ2v) is 10.9. The summed E-state index contributed by atoms with van der Waals surface area (Å²) in [7, 11) is -0.761. The van der Waals surface area contributed by atoms with Gasteiger partial charge in [0, 0.05) is 50.3 Å². The third-order valence-electron chi connectivity index (χ3n) is 5.81. The monoisotopic (exact) mass is 507 g/mol. The SMILES string of the molecule is CCNC(=O)c1cc2c(-c3sc(S(N)(=O)=O)cc3OCC3CCC(=O)N3C)cn(C)c(=O)c2[nH]1. The van der Waals surface area contributed by atoms with Gasteiger partial charge in [0.2, 0.25) is 15.9 Å². The van der Waals surface area contributed by atoms with Crippen LogP contribution in [-0.2, 0) is 21.9 Å². The van der Waals surface area contributed by atoms with Crippen LogP contribution in [-0.4, -0.2) is 60.9 Å². The number of nitrogens with one attached hydrogen (secondary N) is 2. The molecule has 0 bridgehead atoms. The lowest BCUT2D eigenvalue weighted by Crippen LogP contribution is -2.33. The quantitative estimate of drug-likeness (QED) is 0.433. The fraction of sp³-hybridized carbons (Fsp3) is 0.381. The van der Waals surface area contributed by atoms with Crippen molar-refractivity contribution in [3.8, 4) is 16.2 Å². The standard InChI is InChI=1S/C21H25N5O6S2/c1-4-23-20(28)14-7-12-13(9-25(2)21(29)18(12)24-14)19-15(8-17(33-19)34(22,30)31)32-10-11-5-6-16(27)26(11)3/h7-9,11,24H,4-6,10H2,1-3H3,(H,23,28)(H2,22,30,31). The van der Waals surface area contributed by atoms with E-state index in [0.717, 1.165) is 11.3 Å². The largest absolute Gasteiger partial charge is 0.490 e. The van der Waals surface area contributed by atoms with Crippen molar-refractivity contribution in [1.82, 2.24) is 19.8 Å². The van der Waals surface area contributed by atoms with Crippen LogP contribution in [0.1, 0.15) is 30.3 Å². The van der Waals surface area contributed by atoms with Crippen LogP contribution in [0.15, 0.2) is 27.3 Å². The van der Waals surface area contributed by atoms with Gasteiger partial charge in [0.05, 0.1) is 10.9 Å². The number of primary sulfonamides is 1. The van der Waals surface area contributed by atoms with E-state index in [2.05, 4.69) is 10.3 Å². The summed E-state index contributed by atoms with van der Waals surface area (Å²) >= 11 is 0.912. The van der Waals surface area contributed by atoms with E-state index in [1.807, 2.05) is 0 Å². The Morgan fingerprint density at radius 3 is 2.68 bits per heavy atom. The molecule has 3 aromatic heterocycles. The van der Waals surface area contributed by atoms with E-state index in [0.29, 0.717) is 35.2 Å². The maximum Gasteiger partial charge on any atom is 0.274 e.